The molecule has 1 N–H and O–H groups in total. The molecule has 1 atom stereocenters. The second-order valence-corrected chi connectivity index (χ2v) is 5.26. The smallest absolute Gasteiger partial charge is 0.174 e. The van der Waals surface area contributed by atoms with Gasteiger partial charge >= 0.3 is 0 Å². The number of halogens is 2. The minimum absolute atomic E-state index is 0. The Balaban J connectivity index is 0.00000225. The Kier molecular flexibility index (Phi) is 8.02. The maximum atomic E-state index is 11.6. The summed E-state index contributed by atoms with van der Waals surface area (Å²) in [4.78, 5) is 12.4. The molecule has 0 aromatic carbocycles. The fourth-order valence-electron chi connectivity index (χ4n) is 1.16. The topological polar surface area (TPSA) is 29.1 Å². The molecular weight excluding hydrogens is 265 g/mol. The van der Waals surface area contributed by atoms with Crippen molar-refractivity contribution in [3.05, 3.63) is 21.3 Å². The quantitative estimate of drug-likeness (QED) is 0.804. The zero-order valence-electron chi connectivity index (χ0n) is 9.46. The van der Waals surface area contributed by atoms with Crippen molar-refractivity contribution in [3.63, 3.8) is 0 Å². The molecule has 0 radical (unpaired) electrons. The Morgan fingerprint density at radius 3 is 2.75 bits per heavy atom. The van der Waals surface area contributed by atoms with E-state index >= 15 is 0 Å². The van der Waals surface area contributed by atoms with Crippen LogP contribution in [-0.4, -0.2) is 18.4 Å². The first-order chi connectivity index (χ1) is 7.13. The summed E-state index contributed by atoms with van der Waals surface area (Å²) in [6, 6.07) is 4.03. The number of carbonyl (C=O) groups excluding carboxylic acids is 1. The average molecular weight is 282 g/mol. The molecule has 1 rings (SSSR count). The molecule has 16 heavy (non-hydrogen) atoms. The van der Waals surface area contributed by atoms with Crippen LogP contribution in [0.3, 0.4) is 0 Å². The highest BCUT2D eigenvalue weighted by Crippen LogP contribution is 2.22. The average Bonchev–Trinajstić information content (AvgIpc) is 2.64. The minimum atomic E-state index is 0. The number of Topliss-reactive ketones (excluding diaryl/α,β-unsaturated/α-hetero) is 1. The van der Waals surface area contributed by atoms with Crippen LogP contribution in [0, 0.1) is 0 Å². The molecule has 1 unspecified atom stereocenters. The molecule has 1 aromatic rings. The van der Waals surface area contributed by atoms with E-state index in [4.69, 9.17) is 11.6 Å². The van der Waals surface area contributed by atoms with E-state index in [1.807, 2.05) is 0 Å². The van der Waals surface area contributed by atoms with Crippen molar-refractivity contribution >= 4 is 41.1 Å². The number of hydrogen-bond donors (Lipinski definition) is 1. The molecular formula is C11H17Cl2NOS. The molecule has 0 saturated carbocycles. The number of ketones is 1. The molecule has 5 heteroatoms. The first-order valence-corrected chi connectivity index (χ1v) is 6.34. The van der Waals surface area contributed by atoms with Crippen LogP contribution in [0.2, 0.25) is 4.34 Å². The molecule has 0 aliphatic heterocycles. The summed E-state index contributed by atoms with van der Waals surface area (Å²) in [5.41, 5.74) is 0. The van der Waals surface area contributed by atoms with Gasteiger partial charge in [0, 0.05) is 19.0 Å². The van der Waals surface area contributed by atoms with Crippen LogP contribution in [-0.2, 0) is 0 Å². The summed E-state index contributed by atoms with van der Waals surface area (Å²) in [7, 11) is 0. The van der Waals surface area contributed by atoms with E-state index in [0.717, 1.165) is 17.8 Å². The largest absolute Gasteiger partial charge is 0.314 e. The van der Waals surface area contributed by atoms with Crippen molar-refractivity contribution in [2.45, 2.75) is 32.7 Å². The highest BCUT2D eigenvalue weighted by atomic mass is 35.5. The Hall–Kier alpha value is -0.0900. The van der Waals surface area contributed by atoms with Gasteiger partial charge in [-0.1, -0.05) is 18.5 Å². The van der Waals surface area contributed by atoms with Crippen LogP contribution in [0.25, 0.3) is 0 Å². The first-order valence-electron chi connectivity index (χ1n) is 5.15. The van der Waals surface area contributed by atoms with Crippen LogP contribution in [0.1, 0.15) is 36.4 Å². The van der Waals surface area contributed by atoms with Crippen molar-refractivity contribution in [1.82, 2.24) is 5.32 Å². The lowest BCUT2D eigenvalue weighted by molar-refractivity contribution is 0.0985. The van der Waals surface area contributed by atoms with Gasteiger partial charge in [-0.15, -0.1) is 23.7 Å². The number of thiophene rings is 1. The molecule has 0 spiro atoms. The second-order valence-electron chi connectivity index (χ2n) is 3.54. The van der Waals surface area contributed by atoms with Crippen molar-refractivity contribution in [2.24, 2.45) is 0 Å². The molecule has 2 nitrogen and oxygen atoms in total. The number of rotatable bonds is 6. The SMILES string of the molecule is CCC(C)NCCC(=O)c1ccc(Cl)s1.Cl. The summed E-state index contributed by atoms with van der Waals surface area (Å²) in [5, 5.41) is 3.29. The van der Waals surface area contributed by atoms with E-state index in [-0.39, 0.29) is 18.2 Å². The van der Waals surface area contributed by atoms with E-state index in [2.05, 4.69) is 19.2 Å². The van der Waals surface area contributed by atoms with Crippen molar-refractivity contribution in [2.75, 3.05) is 6.54 Å². The van der Waals surface area contributed by atoms with E-state index in [9.17, 15) is 4.79 Å². The van der Waals surface area contributed by atoms with Gasteiger partial charge in [-0.3, -0.25) is 4.79 Å². The lowest BCUT2D eigenvalue weighted by Crippen LogP contribution is -2.27. The Bertz CT molecular complexity index is 328. The fraction of sp³-hybridized carbons (Fsp3) is 0.545. The molecule has 0 aliphatic carbocycles. The normalized spacial score (nSPS) is 11.9. The van der Waals surface area contributed by atoms with E-state index in [1.54, 1.807) is 12.1 Å². The predicted molar refractivity (Wildman–Crippen MR) is 73.3 cm³/mol. The highest BCUT2D eigenvalue weighted by molar-refractivity contribution is 7.18. The van der Waals surface area contributed by atoms with Crippen molar-refractivity contribution in [1.29, 1.82) is 0 Å². The van der Waals surface area contributed by atoms with Crippen LogP contribution < -0.4 is 5.32 Å². The lowest BCUT2D eigenvalue weighted by atomic mass is 10.2. The minimum Gasteiger partial charge on any atom is -0.314 e. The first kappa shape index (κ1) is 15.9. The summed E-state index contributed by atoms with van der Waals surface area (Å²) in [6.07, 6.45) is 1.63. The van der Waals surface area contributed by atoms with Gasteiger partial charge in [0.25, 0.3) is 0 Å². The second kappa shape index (κ2) is 8.07. The van der Waals surface area contributed by atoms with Crippen LogP contribution in [0.4, 0.5) is 0 Å². The Labute approximate surface area is 112 Å². The van der Waals surface area contributed by atoms with Crippen LogP contribution >= 0.6 is 35.3 Å². The molecule has 92 valence electrons. The Morgan fingerprint density at radius 2 is 2.25 bits per heavy atom. The third-order valence-electron chi connectivity index (χ3n) is 2.31. The van der Waals surface area contributed by atoms with Gasteiger partial charge in [-0.2, -0.15) is 0 Å². The summed E-state index contributed by atoms with van der Waals surface area (Å²) in [6.45, 7) is 4.98. The molecule has 0 amide bonds. The van der Waals surface area contributed by atoms with Gasteiger partial charge in [0.2, 0.25) is 0 Å². The van der Waals surface area contributed by atoms with Crippen molar-refractivity contribution < 1.29 is 4.79 Å². The molecule has 0 bridgehead atoms. The van der Waals surface area contributed by atoms with Crippen molar-refractivity contribution in [3.8, 4) is 0 Å². The number of carbonyl (C=O) groups is 1. The molecule has 0 saturated heterocycles. The van der Waals surface area contributed by atoms with E-state index in [0.29, 0.717) is 16.8 Å². The van der Waals surface area contributed by atoms with Gasteiger partial charge < -0.3 is 5.32 Å². The van der Waals surface area contributed by atoms with Gasteiger partial charge in [0.15, 0.2) is 5.78 Å². The number of hydrogen-bond acceptors (Lipinski definition) is 3. The maximum Gasteiger partial charge on any atom is 0.174 e. The molecule has 0 fully saturated rings. The summed E-state index contributed by atoms with van der Waals surface area (Å²) in [5.74, 6) is 0.169. The molecule has 1 aromatic heterocycles. The van der Waals surface area contributed by atoms with Gasteiger partial charge in [0.1, 0.15) is 0 Å². The molecule has 0 aliphatic rings. The van der Waals surface area contributed by atoms with E-state index in [1.165, 1.54) is 11.3 Å². The highest BCUT2D eigenvalue weighted by Gasteiger charge is 2.08. The predicted octanol–water partition coefficient (Wildman–Crippen LogP) is 3.78. The van der Waals surface area contributed by atoms with E-state index < -0.39 is 0 Å². The lowest BCUT2D eigenvalue weighted by Gasteiger charge is -2.09. The monoisotopic (exact) mass is 281 g/mol. The summed E-state index contributed by atoms with van der Waals surface area (Å²) < 4.78 is 0.674. The fourth-order valence-corrected chi connectivity index (χ4v) is 2.17. The van der Waals surface area contributed by atoms with Crippen LogP contribution in [0.5, 0.6) is 0 Å². The van der Waals surface area contributed by atoms with Crippen LogP contribution in [0.15, 0.2) is 12.1 Å². The zero-order chi connectivity index (χ0) is 11.3. The number of nitrogens with one attached hydrogen (secondary N) is 1. The van der Waals surface area contributed by atoms with Gasteiger partial charge in [-0.05, 0) is 25.5 Å². The third-order valence-corrected chi connectivity index (χ3v) is 3.58. The third kappa shape index (κ3) is 5.30. The molecule has 1 heterocycles. The maximum absolute atomic E-state index is 11.6. The summed E-state index contributed by atoms with van der Waals surface area (Å²) >= 11 is 7.11. The van der Waals surface area contributed by atoms with Gasteiger partial charge in [0.05, 0.1) is 9.21 Å². The Morgan fingerprint density at radius 1 is 1.56 bits per heavy atom. The van der Waals surface area contributed by atoms with Gasteiger partial charge in [-0.25, -0.2) is 0 Å². The standard InChI is InChI=1S/C11H16ClNOS.ClH/c1-3-8(2)13-7-6-9(14)10-4-5-11(12)15-10;/h4-5,8,13H,3,6-7H2,1-2H3;1H. The zero-order valence-corrected chi connectivity index (χ0v) is 11.8.